The summed E-state index contributed by atoms with van der Waals surface area (Å²) in [5.74, 6) is 1.28. The Kier molecular flexibility index (Phi) is 4.29. The third kappa shape index (κ3) is 3.33. The second kappa shape index (κ2) is 5.51. The zero-order chi connectivity index (χ0) is 10.7. The summed E-state index contributed by atoms with van der Waals surface area (Å²) < 4.78 is 0.843. The van der Waals surface area contributed by atoms with Gasteiger partial charge in [-0.25, -0.2) is 0 Å². The van der Waals surface area contributed by atoms with Gasteiger partial charge in [-0.15, -0.1) is 5.10 Å². The number of hydrogen-bond acceptors (Lipinski definition) is 3. The quantitative estimate of drug-likeness (QED) is 0.833. The van der Waals surface area contributed by atoms with Crippen molar-refractivity contribution in [3.05, 3.63) is 21.4 Å². The van der Waals surface area contributed by atoms with Crippen molar-refractivity contribution < 1.29 is 0 Å². The van der Waals surface area contributed by atoms with Crippen LogP contribution in [0.3, 0.4) is 0 Å². The molecule has 0 radical (unpaired) electrons. The number of rotatable bonds is 2. The van der Waals surface area contributed by atoms with Gasteiger partial charge in [-0.1, -0.05) is 18.0 Å². The van der Waals surface area contributed by atoms with Crippen LogP contribution in [-0.2, 0) is 6.42 Å². The smallest absolute Gasteiger partial charge is 0.158 e. The predicted molar refractivity (Wildman–Crippen MR) is 68.5 cm³/mol. The molecule has 15 heavy (non-hydrogen) atoms. The minimum atomic E-state index is 0.440. The lowest BCUT2D eigenvalue weighted by Crippen LogP contribution is -2.13. The summed E-state index contributed by atoms with van der Waals surface area (Å²) in [7, 11) is 0. The maximum Gasteiger partial charge on any atom is 0.165 e. The lowest BCUT2D eigenvalue weighted by molar-refractivity contribution is 0.651. The molecule has 0 aliphatic carbocycles. The van der Waals surface area contributed by atoms with E-state index in [1.165, 1.54) is 25.0 Å². The molecule has 0 N–H and O–H groups in total. The molecule has 5 heteroatoms. The van der Waals surface area contributed by atoms with Gasteiger partial charge in [-0.2, -0.15) is 16.9 Å². The first kappa shape index (κ1) is 11.7. The summed E-state index contributed by atoms with van der Waals surface area (Å²) in [5.41, 5.74) is 1.03. The number of aromatic nitrogens is 2. The lowest BCUT2D eigenvalue weighted by atomic mass is 10.1. The first-order chi connectivity index (χ1) is 7.25. The number of thioether (sulfide) groups is 1. The van der Waals surface area contributed by atoms with E-state index in [2.05, 4.69) is 37.9 Å². The summed E-state index contributed by atoms with van der Waals surface area (Å²) in [5, 5.41) is 9.16. The SMILES string of the molecule is Clc1nnc(CC2CCCCS2)cc1Br. The van der Waals surface area contributed by atoms with Gasteiger partial charge in [-0.05, 0) is 40.6 Å². The molecule has 1 aromatic rings. The van der Waals surface area contributed by atoms with E-state index in [1.54, 1.807) is 0 Å². The molecule has 0 amide bonds. The topological polar surface area (TPSA) is 25.8 Å². The number of hydrogen-bond donors (Lipinski definition) is 0. The normalized spacial score (nSPS) is 21.6. The molecule has 0 saturated carbocycles. The average molecular weight is 308 g/mol. The van der Waals surface area contributed by atoms with Crippen LogP contribution in [0.2, 0.25) is 5.15 Å². The van der Waals surface area contributed by atoms with Crippen molar-refractivity contribution in [2.45, 2.75) is 30.9 Å². The van der Waals surface area contributed by atoms with Crippen LogP contribution in [0.4, 0.5) is 0 Å². The van der Waals surface area contributed by atoms with Gasteiger partial charge in [0.2, 0.25) is 0 Å². The molecule has 1 aromatic heterocycles. The molecule has 0 spiro atoms. The molecule has 1 aliphatic rings. The number of nitrogens with zero attached hydrogens (tertiary/aromatic N) is 2. The molecule has 0 bridgehead atoms. The third-order valence-corrected chi connectivity index (χ3v) is 4.98. The molecular weight excluding hydrogens is 296 g/mol. The summed E-state index contributed by atoms with van der Waals surface area (Å²) >= 11 is 11.2. The Hall–Kier alpha value is 0.200. The van der Waals surface area contributed by atoms with Crippen molar-refractivity contribution in [2.24, 2.45) is 0 Å². The highest BCUT2D eigenvalue weighted by atomic mass is 79.9. The van der Waals surface area contributed by atoms with Crippen LogP contribution in [0.15, 0.2) is 10.5 Å². The Morgan fingerprint density at radius 1 is 1.47 bits per heavy atom. The molecule has 1 atom stereocenters. The highest BCUT2D eigenvalue weighted by molar-refractivity contribution is 9.10. The van der Waals surface area contributed by atoms with Crippen molar-refractivity contribution in [3.8, 4) is 0 Å². The summed E-state index contributed by atoms with van der Waals surface area (Å²) in [6.07, 6.45) is 5.01. The molecule has 2 nitrogen and oxygen atoms in total. The molecule has 1 saturated heterocycles. The Morgan fingerprint density at radius 2 is 2.33 bits per heavy atom. The molecule has 2 heterocycles. The van der Waals surface area contributed by atoms with E-state index in [-0.39, 0.29) is 0 Å². The summed E-state index contributed by atoms with van der Waals surface area (Å²) in [6.45, 7) is 0. The first-order valence-electron chi connectivity index (χ1n) is 5.05. The molecule has 1 fully saturated rings. The zero-order valence-electron chi connectivity index (χ0n) is 8.25. The van der Waals surface area contributed by atoms with Gasteiger partial charge >= 0.3 is 0 Å². The van der Waals surface area contributed by atoms with Gasteiger partial charge < -0.3 is 0 Å². The highest BCUT2D eigenvalue weighted by Crippen LogP contribution is 2.28. The Morgan fingerprint density at radius 3 is 3.00 bits per heavy atom. The van der Waals surface area contributed by atoms with E-state index < -0.39 is 0 Å². The zero-order valence-corrected chi connectivity index (χ0v) is 11.4. The second-order valence-electron chi connectivity index (χ2n) is 3.67. The van der Waals surface area contributed by atoms with Crippen molar-refractivity contribution in [1.82, 2.24) is 10.2 Å². The minimum Gasteiger partial charge on any atom is -0.158 e. The van der Waals surface area contributed by atoms with E-state index in [9.17, 15) is 0 Å². The Bertz CT molecular complexity index is 342. The van der Waals surface area contributed by atoms with Gasteiger partial charge in [0.05, 0.1) is 10.2 Å². The fraction of sp³-hybridized carbons (Fsp3) is 0.600. The Labute approximate surface area is 107 Å². The van der Waals surface area contributed by atoms with Gasteiger partial charge in [0.25, 0.3) is 0 Å². The van der Waals surface area contributed by atoms with E-state index in [0.29, 0.717) is 10.4 Å². The predicted octanol–water partition coefficient (Wildman–Crippen LogP) is 3.72. The molecule has 1 unspecified atom stereocenters. The van der Waals surface area contributed by atoms with Crippen molar-refractivity contribution in [1.29, 1.82) is 0 Å². The first-order valence-corrected chi connectivity index (χ1v) is 7.27. The summed E-state index contributed by atoms with van der Waals surface area (Å²) in [4.78, 5) is 0. The fourth-order valence-electron chi connectivity index (χ4n) is 1.69. The van der Waals surface area contributed by atoms with Crippen LogP contribution in [0.5, 0.6) is 0 Å². The van der Waals surface area contributed by atoms with Gasteiger partial charge in [0, 0.05) is 11.7 Å². The van der Waals surface area contributed by atoms with Crippen LogP contribution in [-0.4, -0.2) is 21.2 Å². The van der Waals surface area contributed by atoms with Gasteiger partial charge in [0.1, 0.15) is 0 Å². The van der Waals surface area contributed by atoms with E-state index in [0.717, 1.165) is 16.6 Å². The molecule has 0 aromatic carbocycles. The van der Waals surface area contributed by atoms with E-state index in [1.807, 2.05) is 6.07 Å². The highest BCUT2D eigenvalue weighted by Gasteiger charge is 2.15. The monoisotopic (exact) mass is 306 g/mol. The fourth-order valence-corrected chi connectivity index (χ4v) is 3.45. The lowest BCUT2D eigenvalue weighted by Gasteiger charge is -2.20. The van der Waals surface area contributed by atoms with Gasteiger partial charge in [-0.3, -0.25) is 0 Å². The van der Waals surface area contributed by atoms with Crippen LogP contribution in [0.1, 0.15) is 25.0 Å². The van der Waals surface area contributed by atoms with Crippen molar-refractivity contribution in [3.63, 3.8) is 0 Å². The second-order valence-corrected chi connectivity index (χ2v) is 6.29. The molecule has 2 rings (SSSR count). The molecular formula is C10H12BrClN2S. The van der Waals surface area contributed by atoms with Crippen LogP contribution < -0.4 is 0 Å². The largest absolute Gasteiger partial charge is 0.165 e. The third-order valence-electron chi connectivity index (χ3n) is 2.47. The maximum atomic E-state index is 5.80. The van der Waals surface area contributed by atoms with Crippen LogP contribution >= 0.6 is 39.3 Å². The van der Waals surface area contributed by atoms with Crippen molar-refractivity contribution >= 4 is 39.3 Å². The maximum absolute atomic E-state index is 5.80. The van der Waals surface area contributed by atoms with E-state index >= 15 is 0 Å². The Balaban J connectivity index is 2.00. The van der Waals surface area contributed by atoms with E-state index in [4.69, 9.17) is 11.6 Å². The summed E-state index contributed by atoms with van der Waals surface area (Å²) in [6, 6.07) is 1.98. The van der Waals surface area contributed by atoms with Crippen LogP contribution in [0.25, 0.3) is 0 Å². The number of halogens is 2. The minimum absolute atomic E-state index is 0.440. The average Bonchev–Trinajstić information content (AvgIpc) is 2.25. The molecule has 1 aliphatic heterocycles. The van der Waals surface area contributed by atoms with Crippen molar-refractivity contribution in [2.75, 3.05) is 5.75 Å². The molecule has 82 valence electrons. The van der Waals surface area contributed by atoms with Gasteiger partial charge in [0.15, 0.2) is 5.15 Å². The van der Waals surface area contributed by atoms with Crippen LogP contribution in [0, 0.1) is 0 Å². The standard InChI is InChI=1S/C10H12BrClN2S/c11-9-6-7(13-14-10(9)12)5-8-3-1-2-4-15-8/h6,8H,1-5H2.